The first-order valence-electron chi connectivity index (χ1n) is 46.5. The maximum atomic E-state index is 11.2. The first-order chi connectivity index (χ1) is 48.3. The highest BCUT2D eigenvalue weighted by Gasteiger charge is 2.19. The number of hydrogen-bond donors (Lipinski definition) is 1. The van der Waals surface area contributed by atoms with Crippen LogP contribution in [0, 0.1) is 0 Å². The predicted octanol–water partition coefficient (Wildman–Crippen LogP) is 33.8. The van der Waals surface area contributed by atoms with E-state index in [-0.39, 0.29) is 0 Å². The van der Waals surface area contributed by atoms with Crippen LogP contribution in [0.5, 0.6) is 0 Å². The molecule has 0 aromatic rings. The number of ether oxygens (including phenoxy) is 1. The number of esters is 1. The zero-order valence-corrected chi connectivity index (χ0v) is 68.6. The topological polar surface area (TPSA) is 80.7 Å². The molecule has 6 heteroatoms. The van der Waals surface area contributed by atoms with Crippen molar-refractivity contribution in [2.45, 2.75) is 579 Å². The van der Waals surface area contributed by atoms with E-state index in [1.54, 1.807) is 0 Å². The molecule has 0 rings (SSSR count). The lowest BCUT2D eigenvalue weighted by molar-refractivity contribution is -0.145. The van der Waals surface area contributed by atoms with E-state index in [4.69, 9.17) is 9.29 Å². The second kappa shape index (κ2) is 87.0. The Morgan fingerprint density at radius 3 is 0.408 bits per heavy atom. The van der Waals surface area contributed by atoms with Gasteiger partial charge in [0, 0.05) is 6.92 Å². The monoisotopic (exact) mass is 1400 g/mol. The van der Waals surface area contributed by atoms with Gasteiger partial charge in [0.25, 0.3) is 10.1 Å². The lowest BCUT2D eigenvalue weighted by Crippen LogP contribution is -2.25. The Bertz CT molecular complexity index is 1550. The van der Waals surface area contributed by atoms with Crippen LogP contribution in [-0.4, -0.2) is 30.8 Å². The average molecular weight is 1400 g/mol. The van der Waals surface area contributed by atoms with Gasteiger partial charge in [-0.2, -0.15) is 8.42 Å². The molecule has 0 aliphatic carbocycles. The first kappa shape index (κ1) is 97.4. The highest BCUT2D eigenvalue weighted by molar-refractivity contribution is 7.85. The summed E-state index contributed by atoms with van der Waals surface area (Å²) < 4.78 is 36.4. The van der Waals surface area contributed by atoms with E-state index in [2.05, 4.69) is 6.92 Å². The molecule has 0 aliphatic heterocycles. The van der Waals surface area contributed by atoms with Crippen molar-refractivity contribution in [3.8, 4) is 0 Å². The van der Waals surface area contributed by atoms with Gasteiger partial charge in [-0.15, -0.1) is 0 Å². The van der Waals surface area contributed by atoms with Crippen LogP contribution in [0.15, 0.2) is 0 Å². The molecular formula is C92H184O5S. The van der Waals surface area contributed by atoms with E-state index in [9.17, 15) is 13.2 Å². The summed E-state index contributed by atoms with van der Waals surface area (Å²) in [6, 6.07) is 0. The smallest absolute Gasteiger partial charge is 0.302 e. The summed E-state index contributed by atoms with van der Waals surface area (Å²) in [5, 5.41) is 0. The number of carbonyl (C=O) groups excluding carboxylic acids is 1. The molecule has 0 fully saturated rings. The highest BCUT2D eigenvalue weighted by Crippen LogP contribution is 2.23. The molecule has 1 unspecified atom stereocenters. The normalized spacial score (nSPS) is 12.2. The summed E-state index contributed by atoms with van der Waals surface area (Å²) in [6.45, 7) is 3.59. The molecule has 0 saturated carbocycles. The van der Waals surface area contributed by atoms with Crippen LogP contribution in [-0.2, 0) is 19.6 Å². The average Bonchev–Trinajstić information content (AvgIpc) is 1.59. The Morgan fingerprint density at radius 1 is 0.214 bits per heavy atom. The van der Waals surface area contributed by atoms with Crippen molar-refractivity contribution in [1.82, 2.24) is 0 Å². The van der Waals surface area contributed by atoms with Gasteiger partial charge in [0.2, 0.25) is 0 Å². The zero-order chi connectivity index (χ0) is 70.6. The minimum atomic E-state index is -4.14. The van der Waals surface area contributed by atoms with Crippen molar-refractivity contribution in [1.29, 1.82) is 0 Å². The van der Waals surface area contributed by atoms with Gasteiger partial charge in [0.15, 0.2) is 0 Å². The van der Waals surface area contributed by atoms with Gasteiger partial charge < -0.3 is 4.74 Å². The van der Waals surface area contributed by atoms with Crippen LogP contribution in [0.25, 0.3) is 0 Å². The minimum absolute atomic E-state index is 0.485. The van der Waals surface area contributed by atoms with Crippen molar-refractivity contribution in [3.63, 3.8) is 0 Å². The van der Waals surface area contributed by atoms with Crippen molar-refractivity contribution in [2.75, 3.05) is 5.75 Å². The SMILES string of the molecule is CCCCCCCCCCCCCCCCCCCCCCCCCCCCCCCCCCCCCCCCCCCCCCCCCCCCCCCCCCCCCCCCCCCCCCCCCCCCCCCCCCCCCCCCC(CS(=O)(=O)O)OC(C)=O. The second-order valence-electron chi connectivity index (χ2n) is 32.8. The lowest BCUT2D eigenvalue weighted by atomic mass is 10.0. The van der Waals surface area contributed by atoms with Gasteiger partial charge in [0.1, 0.15) is 11.9 Å². The molecule has 5 nitrogen and oxygen atoms in total. The Labute approximate surface area is 619 Å². The molecule has 0 aliphatic rings. The molecule has 0 saturated heterocycles. The van der Waals surface area contributed by atoms with Crippen LogP contribution in [0.2, 0.25) is 0 Å². The van der Waals surface area contributed by atoms with Crippen molar-refractivity contribution < 1.29 is 22.5 Å². The molecule has 0 spiro atoms. The fourth-order valence-electron chi connectivity index (χ4n) is 15.9. The third kappa shape index (κ3) is 91.5. The van der Waals surface area contributed by atoms with Gasteiger partial charge in [0.05, 0.1) is 0 Å². The molecule has 0 heterocycles. The fourth-order valence-corrected chi connectivity index (χ4v) is 16.6. The van der Waals surface area contributed by atoms with Gasteiger partial charge in [-0.05, 0) is 12.8 Å². The molecular weight excluding hydrogens is 1220 g/mol. The van der Waals surface area contributed by atoms with Gasteiger partial charge in [-0.3, -0.25) is 9.35 Å². The minimum Gasteiger partial charge on any atom is -0.461 e. The number of unbranched alkanes of at least 4 members (excludes halogenated alkanes) is 85. The van der Waals surface area contributed by atoms with E-state index in [1.165, 1.54) is 540 Å². The zero-order valence-electron chi connectivity index (χ0n) is 67.8. The summed E-state index contributed by atoms with van der Waals surface area (Å²) in [4.78, 5) is 11.2. The summed E-state index contributed by atoms with van der Waals surface area (Å²) >= 11 is 0. The molecule has 588 valence electrons. The Hall–Kier alpha value is -0.620. The summed E-state index contributed by atoms with van der Waals surface area (Å²) in [5.41, 5.74) is 0. The lowest BCUT2D eigenvalue weighted by Gasteiger charge is -2.15. The van der Waals surface area contributed by atoms with E-state index >= 15 is 0 Å². The first-order valence-corrected chi connectivity index (χ1v) is 48.1. The Morgan fingerprint density at radius 2 is 0.316 bits per heavy atom. The number of carbonyl (C=O) groups is 1. The van der Waals surface area contributed by atoms with E-state index in [1.807, 2.05) is 0 Å². The number of rotatable bonds is 90. The summed E-state index contributed by atoms with van der Waals surface area (Å²) in [6.07, 6.45) is 124. The van der Waals surface area contributed by atoms with Crippen LogP contribution in [0.1, 0.15) is 572 Å². The third-order valence-electron chi connectivity index (χ3n) is 22.6. The quantitative estimate of drug-likeness (QED) is 0.0373. The second-order valence-corrected chi connectivity index (χ2v) is 34.3. The molecule has 1 N–H and O–H groups in total. The fraction of sp³-hybridized carbons (Fsp3) is 0.989. The maximum absolute atomic E-state index is 11.2. The molecule has 0 aromatic carbocycles. The van der Waals surface area contributed by atoms with Crippen LogP contribution in [0.4, 0.5) is 0 Å². The van der Waals surface area contributed by atoms with Crippen molar-refractivity contribution in [3.05, 3.63) is 0 Å². The standard InChI is InChI=1S/C92H184O5S/c1-3-4-5-6-7-8-9-10-11-12-13-14-15-16-17-18-19-20-21-22-23-24-25-26-27-28-29-30-31-32-33-34-35-36-37-38-39-40-41-42-43-44-45-46-47-48-49-50-51-52-53-54-55-56-57-58-59-60-61-62-63-64-65-66-67-68-69-70-71-72-73-74-75-76-77-78-79-80-81-82-83-84-85-86-87-88-89-92(97-91(2)93)90-98(94,95)96/h92H,3-90H2,1-2H3,(H,94,95,96). The van der Waals surface area contributed by atoms with E-state index < -0.39 is 27.9 Å². The Kier molecular flexibility index (Phi) is 86.5. The van der Waals surface area contributed by atoms with E-state index in [0.717, 1.165) is 19.3 Å². The van der Waals surface area contributed by atoms with Crippen LogP contribution < -0.4 is 0 Å². The van der Waals surface area contributed by atoms with Gasteiger partial charge >= 0.3 is 5.97 Å². The molecule has 0 aromatic heterocycles. The molecule has 0 amide bonds. The molecule has 0 radical (unpaired) electrons. The van der Waals surface area contributed by atoms with Crippen molar-refractivity contribution in [2.24, 2.45) is 0 Å². The van der Waals surface area contributed by atoms with Crippen LogP contribution in [0.3, 0.4) is 0 Å². The van der Waals surface area contributed by atoms with E-state index in [0.29, 0.717) is 6.42 Å². The maximum Gasteiger partial charge on any atom is 0.302 e. The van der Waals surface area contributed by atoms with Gasteiger partial charge in [-0.25, -0.2) is 0 Å². The Balaban J connectivity index is 3.13. The van der Waals surface area contributed by atoms with Gasteiger partial charge in [-0.1, -0.05) is 553 Å². The number of hydrogen-bond acceptors (Lipinski definition) is 4. The van der Waals surface area contributed by atoms with Crippen molar-refractivity contribution >= 4 is 16.1 Å². The predicted molar refractivity (Wildman–Crippen MR) is 439 cm³/mol. The highest BCUT2D eigenvalue weighted by atomic mass is 32.2. The summed E-state index contributed by atoms with van der Waals surface area (Å²) in [7, 11) is -4.14. The summed E-state index contributed by atoms with van der Waals surface area (Å²) in [5.74, 6) is -1.01. The van der Waals surface area contributed by atoms with Crippen LogP contribution >= 0.6 is 0 Å². The third-order valence-corrected chi connectivity index (χ3v) is 23.4. The molecule has 1 atom stereocenters. The molecule has 98 heavy (non-hydrogen) atoms. The largest absolute Gasteiger partial charge is 0.461 e. The molecule has 0 bridgehead atoms.